The highest BCUT2D eigenvalue weighted by atomic mass is 16.1. The second kappa shape index (κ2) is 5.55. The molecule has 2 rings (SSSR count). The van der Waals surface area contributed by atoms with Gasteiger partial charge in [-0.1, -0.05) is 6.92 Å². The monoisotopic (exact) mass is 245 g/mol. The van der Waals surface area contributed by atoms with Gasteiger partial charge in [-0.2, -0.15) is 0 Å². The Hall–Kier alpha value is -1.31. The van der Waals surface area contributed by atoms with Crippen LogP contribution in [-0.2, 0) is 0 Å². The first-order valence-corrected chi connectivity index (χ1v) is 6.90. The quantitative estimate of drug-likeness (QED) is 0.754. The van der Waals surface area contributed by atoms with Crippen molar-refractivity contribution in [2.24, 2.45) is 5.92 Å². The Morgan fingerprint density at radius 2 is 1.89 bits per heavy atom. The van der Waals surface area contributed by atoms with Gasteiger partial charge >= 0.3 is 0 Å². The predicted molar refractivity (Wildman–Crippen MR) is 76.4 cm³/mol. The summed E-state index contributed by atoms with van der Waals surface area (Å²) in [5, 5.41) is 0. The van der Waals surface area contributed by atoms with Crippen molar-refractivity contribution in [1.29, 1.82) is 0 Å². The number of carbonyl (C=O) groups is 1. The second-order valence-corrected chi connectivity index (χ2v) is 5.68. The van der Waals surface area contributed by atoms with Gasteiger partial charge in [-0.15, -0.1) is 0 Å². The van der Waals surface area contributed by atoms with Crippen LogP contribution in [-0.4, -0.2) is 19.4 Å². The molecule has 1 aromatic carbocycles. The van der Waals surface area contributed by atoms with E-state index >= 15 is 0 Å². The molecule has 0 atom stereocenters. The van der Waals surface area contributed by atoms with E-state index in [1.54, 1.807) is 0 Å². The van der Waals surface area contributed by atoms with E-state index in [0.717, 1.165) is 23.3 Å². The average Bonchev–Trinajstić information content (AvgIpc) is 2.38. The van der Waals surface area contributed by atoms with E-state index in [4.69, 9.17) is 0 Å². The summed E-state index contributed by atoms with van der Waals surface area (Å²) in [5.74, 6) is 0.883. The summed E-state index contributed by atoms with van der Waals surface area (Å²) < 4.78 is 0. The Balaban J connectivity index is 2.11. The summed E-state index contributed by atoms with van der Waals surface area (Å²) in [7, 11) is 2.18. The van der Waals surface area contributed by atoms with Crippen molar-refractivity contribution in [3.8, 4) is 0 Å². The molecule has 0 spiro atoms. The van der Waals surface area contributed by atoms with Crippen LogP contribution in [0.4, 0.5) is 5.69 Å². The average molecular weight is 245 g/mol. The van der Waals surface area contributed by atoms with Gasteiger partial charge in [0, 0.05) is 24.3 Å². The van der Waals surface area contributed by atoms with Crippen molar-refractivity contribution >= 4 is 12.0 Å². The highest BCUT2D eigenvalue weighted by Gasteiger charge is 2.22. The molecule has 1 aromatic rings. The highest BCUT2D eigenvalue weighted by molar-refractivity contribution is 5.78. The number of anilines is 1. The summed E-state index contributed by atoms with van der Waals surface area (Å²) in [6, 6.07) is 6.78. The molecule has 0 heterocycles. The fourth-order valence-corrected chi connectivity index (χ4v) is 2.85. The molecule has 1 saturated carbocycles. The van der Waals surface area contributed by atoms with Crippen LogP contribution in [0, 0.1) is 12.8 Å². The third kappa shape index (κ3) is 2.74. The van der Waals surface area contributed by atoms with Crippen LogP contribution < -0.4 is 4.90 Å². The van der Waals surface area contributed by atoms with E-state index < -0.39 is 0 Å². The maximum Gasteiger partial charge on any atom is 0.150 e. The van der Waals surface area contributed by atoms with Gasteiger partial charge < -0.3 is 4.90 Å². The van der Waals surface area contributed by atoms with Crippen molar-refractivity contribution in [3.63, 3.8) is 0 Å². The SMILES string of the molecule is Cc1cc(N(C)C2CCC(C)CC2)ccc1C=O. The Morgan fingerprint density at radius 3 is 2.44 bits per heavy atom. The van der Waals surface area contributed by atoms with E-state index in [-0.39, 0.29) is 0 Å². The Morgan fingerprint density at radius 1 is 1.22 bits per heavy atom. The van der Waals surface area contributed by atoms with Gasteiger partial charge in [-0.05, 0) is 62.3 Å². The number of benzene rings is 1. The van der Waals surface area contributed by atoms with Crippen LogP contribution >= 0.6 is 0 Å². The van der Waals surface area contributed by atoms with Crippen LogP contribution in [0.5, 0.6) is 0 Å². The molecule has 18 heavy (non-hydrogen) atoms. The summed E-state index contributed by atoms with van der Waals surface area (Å²) in [4.78, 5) is 13.2. The van der Waals surface area contributed by atoms with Crippen molar-refractivity contribution in [2.45, 2.75) is 45.6 Å². The lowest BCUT2D eigenvalue weighted by atomic mass is 9.86. The van der Waals surface area contributed by atoms with Gasteiger partial charge in [0.15, 0.2) is 0 Å². The molecule has 0 amide bonds. The van der Waals surface area contributed by atoms with E-state index in [1.165, 1.54) is 31.4 Å². The van der Waals surface area contributed by atoms with Crippen molar-refractivity contribution in [1.82, 2.24) is 0 Å². The summed E-state index contributed by atoms with van der Waals surface area (Å²) in [6.45, 7) is 4.35. The zero-order valence-corrected chi connectivity index (χ0v) is 11.6. The fraction of sp³-hybridized carbons (Fsp3) is 0.562. The van der Waals surface area contributed by atoms with Crippen LogP contribution in [0.2, 0.25) is 0 Å². The van der Waals surface area contributed by atoms with Crippen molar-refractivity contribution < 1.29 is 4.79 Å². The minimum Gasteiger partial charge on any atom is -0.372 e. The molecule has 0 aliphatic heterocycles. The summed E-state index contributed by atoms with van der Waals surface area (Å²) in [6.07, 6.45) is 6.17. The third-order valence-corrected chi connectivity index (χ3v) is 4.32. The lowest BCUT2D eigenvalue weighted by Gasteiger charge is -2.35. The highest BCUT2D eigenvalue weighted by Crippen LogP contribution is 2.29. The van der Waals surface area contributed by atoms with Crippen LogP contribution in [0.25, 0.3) is 0 Å². The molecule has 0 bridgehead atoms. The van der Waals surface area contributed by atoms with E-state index in [2.05, 4.69) is 31.0 Å². The van der Waals surface area contributed by atoms with Crippen molar-refractivity contribution in [3.05, 3.63) is 29.3 Å². The topological polar surface area (TPSA) is 20.3 Å². The molecular formula is C16H23NO. The van der Waals surface area contributed by atoms with Gasteiger partial charge in [0.2, 0.25) is 0 Å². The van der Waals surface area contributed by atoms with Crippen LogP contribution in [0.15, 0.2) is 18.2 Å². The van der Waals surface area contributed by atoms with Crippen molar-refractivity contribution in [2.75, 3.05) is 11.9 Å². The molecule has 98 valence electrons. The Labute approximate surface area is 110 Å². The number of aldehydes is 1. The maximum absolute atomic E-state index is 10.8. The number of hydrogen-bond donors (Lipinski definition) is 0. The van der Waals surface area contributed by atoms with Crippen LogP contribution in [0.3, 0.4) is 0 Å². The van der Waals surface area contributed by atoms with Gasteiger partial charge in [0.25, 0.3) is 0 Å². The molecule has 1 aliphatic carbocycles. The van der Waals surface area contributed by atoms with Crippen LogP contribution in [0.1, 0.15) is 48.5 Å². The fourth-order valence-electron chi connectivity index (χ4n) is 2.85. The smallest absolute Gasteiger partial charge is 0.150 e. The zero-order chi connectivity index (χ0) is 13.1. The lowest BCUT2D eigenvalue weighted by molar-refractivity contribution is 0.112. The molecule has 0 aromatic heterocycles. The molecule has 0 saturated heterocycles. The van der Waals surface area contributed by atoms with Gasteiger partial charge in [-0.25, -0.2) is 0 Å². The lowest BCUT2D eigenvalue weighted by Crippen LogP contribution is -2.34. The van der Waals surface area contributed by atoms with Gasteiger partial charge in [0.1, 0.15) is 6.29 Å². The van der Waals surface area contributed by atoms with E-state index in [9.17, 15) is 4.79 Å². The predicted octanol–water partition coefficient (Wildman–Crippen LogP) is 3.82. The molecule has 0 N–H and O–H groups in total. The minimum atomic E-state index is 0.655. The molecule has 0 unspecified atom stereocenters. The van der Waals surface area contributed by atoms with Gasteiger partial charge in [0.05, 0.1) is 0 Å². The number of rotatable bonds is 3. The first-order valence-electron chi connectivity index (χ1n) is 6.90. The standard InChI is InChI=1S/C16H23NO/c1-12-4-7-15(8-5-12)17(3)16-9-6-14(11-18)13(2)10-16/h6,9-12,15H,4-5,7-8H2,1-3H3. The minimum absolute atomic E-state index is 0.655. The zero-order valence-electron chi connectivity index (χ0n) is 11.6. The third-order valence-electron chi connectivity index (χ3n) is 4.32. The maximum atomic E-state index is 10.8. The molecule has 1 aliphatic rings. The van der Waals surface area contributed by atoms with E-state index in [0.29, 0.717) is 6.04 Å². The summed E-state index contributed by atoms with van der Waals surface area (Å²) >= 11 is 0. The van der Waals surface area contributed by atoms with E-state index in [1.807, 2.05) is 13.0 Å². The molecule has 2 heteroatoms. The molecule has 0 radical (unpaired) electrons. The second-order valence-electron chi connectivity index (χ2n) is 5.68. The number of carbonyl (C=O) groups excluding carboxylic acids is 1. The number of aryl methyl sites for hydroxylation is 1. The Kier molecular flexibility index (Phi) is 4.05. The molecular weight excluding hydrogens is 222 g/mol. The normalized spacial score (nSPS) is 23.7. The molecule has 2 nitrogen and oxygen atoms in total. The first-order chi connectivity index (χ1) is 8.61. The number of hydrogen-bond acceptors (Lipinski definition) is 2. The first kappa shape index (κ1) is 13.1. The van der Waals surface area contributed by atoms with Gasteiger partial charge in [-0.3, -0.25) is 4.79 Å². The number of nitrogens with zero attached hydrogens (tertiary/aromatic N) is 1. The summed E-state index contributed by atoms with van der Waals surface area (Å²) in [5.41, 5.74) is 3.10. The molecule has 1 fully saturated rings. The largest absolute Gasteiger partial charge is 0.372 e. The Bertz CT molecular complexity index is 419.